The number of anilines is 2. The highest BCUT2D eigenvalue weighted by atomic mass is 32.2. The van der Waals surface area contributed by atoms with E-state index in [0.717, 1.165) is 12.1 Å². The Balaban J connectivity index is 2.41. The molecule has 5 nitrogen and oxygen atoms in total. The third-order valence-corrected chi connectivity index (χ3v) is 3.91. The van der Waals surface area contributed by atoms with Gasteiger partial charge in [-0.3, -0.25) is 9.71 Å². The van der Waals surface area contributed by atoms with E-state index in [1.807, 2.05) is 0 Å². The van der Waals surface area contributed by atoms with Gasteiger partial charge in [-0.25, -0.2) is 12.8 Å². The second kappa shape index (κ2) is 4.85. The first kappa shape index (κ1) is 13.3. The number of nitrogen functional groups attached to an aromatic ring is 1. The molecule has 0 saturated heterocycles. The lowest BCUT2D eigenvalue weighted by atomic mass is 10.3. The molecule has 3 N–H and O–H groups in total. The lowest BCUT2D eigenvalue weighted by molar-refractivity contribution is 0.571. The largest absolute Gasteiger partial charge is 0.399 e. The number of sulfonamides is 1. The first-order chi connectivity index (χ1) is 8.90. The molecule has 1 heterocycles. The van der Waals surface area contributed by atoms with E-state index in [1.165, 1.54) is 24.5 Å². The second-order valence-electron chi connectivity index (χ2n) is 3.99. The van der Waals surface area contributed by atoms with Gasteiger partial charge >= 0.3 is 0 Å². The zero-order valence-corrected chi connectivity index (χ0v) is 10.9. The number of aryl methyl sites for hydroxylation is 1. The molecule has 0 spiro atoms. The van der Waals surface area contributed by atoms with Crippen LogP contribution in [-0.2, 0) is 10.0 Å². The summed E-state index contributed by atoms with van der Waals surface area (Å²) < 4.78 is 40.1. The van der Waals surface area contributed by atoms with Crippen molar-refractivity contribution in [3.8, 4) is 0 Å². The van der Waals surface area contributed by atoms with Crippen molar-refractivity contribution >= 4 is 21.4 Å². The summed E-state index contributed by atoms with van der Waals surface area (Å²) in [7, 11) is -3.99. The second-order valence-corrected chi connectivity index (χ2v) is 5.64. The van der Waals surface area contributed by atoms with Gasteiger partial charge in [0.25, 0.3) is 10.0 Å². The van der Waals surface area contributed by atoms with E-state index in [1.54, 1.807) is 6.92 Å². The number of benzene rings is 1. The number of nitrogens with two attached hydrogens (primary N) is 1. The van der Waals surface area contributed by atoms with Crippen LogP contribution in [0, 0.1) is 12.7 Å². The summed E-state index contributed by atoms with van der Waals surface area (Å²) in [6, 6.07) is 4.93. The van der Waals surface area contributed by atoms with Crippen molar-refractivity contribution in [3.05, 3.63) is 48.0 Å². The van der Waals surface area contributed by atoms with Gasteiger partial charge in [-0.15, -0.1) is 0 Å². The Hall–Kier alpha value is -2.15. The van der Waals surface area contributed by atoms with Crippen molar-refractivity contribution in [1.29, 1.82) is 0 Å². The van der Waals surface area contributed by atoms with E-state index in [4.69, 9.17) is 5.73 Å². The van der Waals surface area contributed by atoms with Crippen LogP contribution in [-0.4, -0.2) is 13.4 Å². The van der Waals surface area contributed by atoms with Crippen molar-refractivity contribution in [2.24, 2.45) is 0 Å². The molecule has 19 heavy (non-hydrogen) atoms. The molecule has 0 bridgehead atoms. The molecular formula is C12H12FN3O2S. The van der Waals surface area contributed by atoms with Crippen LogP contribution in [0.15, 0.2) is 41.6 Å². The zero-order chi connectivity index (χ0) is 14.0. The fourth-order valence-electron chi connectivity index (χ4n) is 1.52. The van der Waals surface area contributed by atoms with Crippen LogP contribution >= 0.6 is 0 Å². The minimum Gasteiger partial charge on any atom is -0.399 e. The maximum atomic E-state index is 13.6. The highest BCUT2D eigenvalue weighted by molar-refractivity contribution is 7.92. The van der Waals surface area contributed by atoms with Crippen molar-refractivity contribution < 1.29 is 12.8 Å². The van der Waals surface area contributed by atoms with E-state index in [9.17, 15) is 12.8 Å². The van der Waals surface area contributed by atoms with E-state index in [-0.39, 0.29) is 5.69 Å². The Labute approximate surface area is 110 Å². The van der Waals surface area contributed by atoms with Gasteiger partial charge in [0.05, 0.1) is 5.69 Å². The average molecular weight is 281 g/mol. The molecule has 0 aliphatic heterocycles. The Morgan fingerprint density at radius 1 is 1.32 bits per heavy atom. The maximum absolute atomic E-state index is 13.6. The average Bonchev–Trinajstić information content (AvgIpc) is 2.31. The molecular weight excluding hydrogens is 269 g/mol. The minimum atomic E-state index is -3.99. The summed E-state index contributed by atoms with van der Waals surface area (Å²) in [6.45, 7) is 1.70. The number of nitrogens with one attached hydrogen (secondary N) is 1. The number of hydrogen-bond donors (Lipinski definition) is 2. The normalized spacial score (nSPS) is 11.3. The highest BCUT2D eigenvalue weighted by Crippen LogP contribution is 2.21. The highest BCUT2D eigenvalue weighted by Gasteiger charge is 2.19. The number of hydrogen-bond acceptors (Lipinski definition) is 4. The van der Waals surface area contributed by atoms with Crippen molar-refractivity contribution in [2.75, 3.05) is 10.5 Å². The first-order valence-corrected chi connectivity index (χ1v) is 6.87. The predicted molar refractivity (Wildman–Crippen MR) is 70.6 cm³/mol. The third kappa shape index (κ3) is 2.82. The first-order valence-electron chi connectivity index (χ1n) is 5.38. The summed E-state index contributed by atoms with van der Waals surface area (Å²) in [5.41, 5.74) is 6.54. The van der Waals surface area contributed by atoms with E-state index < -0.39 is 20.7 Å². The van der Waals surface area contributed by atoms with Crippen LogP contribution in [0.1, 0.15) is 5.56 Å². The molecule has 0 amide bonds. The van der Waals surface area contributed by atoms with Gasteiger partial charge in [-0.2, -0.15) is 0 Å². The van der Waals surface area contributed by atoms with E-state index in [0.29, 0.717) is 11.3 Å². The molecule has 0 fully saturated rings. The Morgan fingerprint density at radius 3 is 2.68 bits per heavy atom. The molecule has 1 aromatic heterocycles. The smallest absolute Gasteiger partial charge is 0.264 e. The summed E-state index contributed by atoms with van der Waals surface area (Å²) in [5.74, 6) is -0.890. The van der Waals surface area contributed by atoms with Gasteiger partial charge in [-0.1, -0.05) is 0 Å². The molecule has 2 aromatic rings. The quantitative estimate of drug-likeness (QED) is 0.842. The fraction of sp³-hybridized carbons (Fsp3) is 0.0833. The number of halogens is 1. The summed E-state index contributed by atoms with van der Waals surface area (Å²) in [5, 5.41) is 0. The lowest BCUT2D eigenvalue weighted by Crippen LogP contribution is -2.15. The summed E-state index contributed by atoms with van der Waals surface area (Å²) in [6.07, 6.45) is 2.96. The molecule has 0 unspecified atom stereocenters. The van der Waals surface area contributed by atoms with Crippen molar-refractivity contribution in [3.63, 3.8) is 0 Å². The zero-order valence-electron chi connectivity index (χ0n) is 10.1. The van der Waals surface area contributed by atoms with Gasteiger partial charge < -0.3 is 5.73 Å². The number of rotatable bonds is 3. The van der Waals surface area contributed by atoms with Gasteiger partial charge in [-0.05, 0) is 36.8 Å². The number of pyridine rings is 1. The van der Waals surface area contributed by atoms with Gasteiger partial charge in [0.2, 0.25) is 0 Å². The van der Waals surface area contributed by atoms with Gasteiger partial charge in [0, 0.05) is 18.1 Å². The third-order valence-electron chi connectivity index (χ3n) is 2.51. The summed E-state index contributed by atoms with van der Waals surface area (Å²) >= 11 is 0. The number of aromatic nitrogens is 1. The topological polar surface area (TPSA) is 85.1 Å². The molecule has 0 aliphatic rings. The molecule has 0 aliphatic carbocycles. The Kier molecular flexibility index (Phi) is 3.39. The summed E-state index contributed by atoms with van der Waals surface area (Å²) in [4.78, 5) is 3.41. The van der Waals surface area contributed by atoms with Gasteiger partial charge in [0.1, 0.15) is 10.7 Å². The van der Waals surface area contributed by atoms with Crippen LogP contribution in [0.5, 0.6) is 0 Å². The van der Waals surface area contributed by atoms with E-state index in [2.05, 4.69) is 9.71 Å². The molecule has 0 radical (unpaired) electrons. The monoisotopic (exact) mass is 281 g/mol. The molecule has 0 saturated carbocycles. The van der Waals surface area contributed by atoms with Crippen LogP contribution in [0.3, 0.4) is 0 Å². The molecule has 1 aromatic carbocycles. The molecule has 2 rings (SSSR count). The van der Waals surface area contributed by atoms with Crippen molar-refractivity contribution in [1.82, 2.24) is 4.98 Å². The predicted octanol–water partition coefficient (Wildman–Crippen LogP) is 1.91. The van der Waals surface area contributed by atoms with Crippen LogP contribution in [0.2, 0.25) is 0 Å². The Bertz CT molecular complexity index is 717. The SMILES string of the molecule is Cc1cnccc1NS(=O)(=O)c1ccc(N)cc1F. The standard InChI is InChI=1S/C12H12FN3O2S/c1-8-7-15-5-4-11(8)16-19(17,18)12-3-2-9(14)6-10(12)13/h2-7H,14H2,1H3,(H,15,16). The van der Waals surface area contributed by atoms with Crippen LogP contribution in [0.4, 0.5) is 15.8 Å². The van der Waals surface area contributed by atoms with Crippen LogP contribution < -0.4 is 10.5 Å². The van der Waals surface area contributed by atoms with Crippen molar-refractivity contribution in [2.45, 2.75) is 11.8 Å². The van der Waals surface area contributed by atoms with E-state index >= 15 is 0 Å². The minimum absolute atomic E-state index is 0.163. The maximum Gasteiger partial charge on any atom is 0.264 e. The molecule has 0 atom stereocenters. The fourth-order valence-corrected chi connectivity index (χ4v) is 2.71. The Morgan fingerprint density at radius 2 is 2.05 bits per heavy atom. The number of nitrogens with zero attached hydrogens (tertiary/aromatic N) is 1. The van der Waals surface area contributed by atoms with Crippen LogP contribution in [0.25, 0.3) is 0 Å². The van der Waals surface area contributed by atoms with Gasteiger partial charge in [0.15, 0.2) is 0 Å². The molecule has 100 valence electrons. The lowest BCUT2D eigenvalue weighted by Gasteiger charge is -2.10. The molecule has 7 heteroatoms.